The lowest BCUT2D eigenvalue weighted by Crippen LogP contribution is -2.21. The molecule has 1 aliphatic heterocycles. The summed E-state index contributed by atoms with van der Waals surface area (Å²) < 4.78 is 11.6. The van der Waals surface area contributed by atoms with Crippen molar-refractivity contribution in [1.82, 2.24) is 4.98 Å². The van der Waals surface area contributed by atoms with Crippen LogP contribution in [0, 0.1) is 0 Å². The predicted molar refractivity (Wildman–Crippen MR) is 81.2 cm³/mol. The first kappa shape index (κ1) is 13.6. The van der Waals surface area contributed by atoms with Gasteiger partial charge in [0.2, 0.25) is 0 Å². The fourth-order valence-corrected chi connectivity index (χ4v) is 2.69. The number of hydrogen-bond donors (Lipinski definition) is 0. The van der Waals surface area contributed by atoms with Gasteiger partial charge in [-0.25, -0.2) is 0 Å². The molecule has 4 heteroatoms. The van der Waals surface area contributed by atoms with Crippen LogP contribution in [0.25, 0.3) is 0 Å². The zero-order valence-electron chi connectivity index (χ0n) is 11.1. The van der Waals surface area contributed by atoms with Crippen molar-refractivity contribution in [2.75, 3.05) is 13.2 Å². The van der Waals surface area contributed by atoms with E-state index in [1.54, 1.807) is 6.20 Å². The molecule has 3 nitrogen and oxygen atoms in total. The molecule has 104 valence electrons. The van der Waals surface area contributed by atoms with E-state index in [0.29, 0.717) is 6.61 Å². The molecule has 0 fully saturated rings. The van der Waals surface area contributed by atoms with Crippen LogP contribution < -0.4 is 4.74 Å². The van der Waals surface area contributed by atoms with Crippen molar-refractivity contribution < 1.29 is 9.47 Å². The Labute approximate surface area is 127 Å². The monoisotopic (exact) mass is 333 g/mol. The number of benzene rings is 1. The Balaban J connectivity index is 1.66. The summed E-state index contributed by atoms with van der Waals surface area (Å²) >= 11 is 3.38. The summed E-state index contributed by atoms with van der Waals surface area (Å²) in [7, 11) is 0. The van der Waals surface area contributed by atoms with Crippen molar-refractivity contribution in [3.63, 3.8) is 0 Å². The third-order valence-electron chi connectivity index (χ3n) is 3.43. The van der Waals surface area contributed by atoms with Gasteiger partial charge in [0.25, 0.3) is 0 Å². The van der Waals surface area contributed by atoms with Crippen LogP contribution in [0.3, 0.4) is 0 Å². The van der Waals surface area contributed by atoms with Gasteiger partial charge >= 0.3 is 0 Å². The number of hydrogen-bond acceptors (Lipinski definition) is 3. The Bertz CT molecular complexity index is 571. The predicted octanol–water partition coefficient (Wildman–Crippen LogP) is 3.67. The highest BCUT2D eigenvalue weighted by molar-refractivity contribution is 9.08. The third-order valence-corrected chi connectivity index (χ3v) is 4.00. The molecule has 20 heavy (non-hydrogen) atoms. The van der Waals surface area contributed by atoms with Gasteiger partial charge in [-0.15, -0.1) is 0 Å². The van der Waals surface area contributed by atoms with Crippen LogP contribution in [0.4, 0.5) is 0 Å². The van der Waals surface area contributed by atoms with Gasteiger partial charge in [0.15, 0.2) is 0 Å². The lowest BCUT2D eigenvalue weighted by molar-refractivity contribution is 0.0101. The number of pyridine rings is 1. The summed E-state index contributed by atoms with van der Waals surface area (Å²) in [5.74, 6) is 0.779. The minimum atomic E-state index is 0.0100. The molecule has 0 amide bonds. The molecule has 1 aromatic heterocycles. The van der Waals surface area contributed by atoms with Crippen LogP contribution in [0.2, 0.25) is 0 Å². The second-order valence-corrected chi connectivity index (χ2v) is 5.30. The largest absolute Gasteiger partial charge is 0.489 e. The molecule has 1 aromatic carbocycles. The van der Waals surface area contributed by atoms with Crippen LogP contribution >= 0.6 is 15.9 Å². The molecule has 0 aliphatic carbocycles. The number of rotatable bonds is 4. The van der Waals surface area contributed by atoms with Crippen LogP contribution in [-0.4, -0.2) is 18.2 Å². The quantitative estimate of drug-likeness (QED) is 0.800. The molecule has 0 saturated carbocycles. The summed E-state index contributed by atoms with van der Waals surface area (Å²) in [4.78, 5) is 4.29. The molecule has 2 aromatic rings. The normalized spacial score (nSPS) is 17.6. The molecule has 1 atom stereocenters. The molecule has 1 aliphatic rings. The molecule has 0 N–H and O–H groups in total. The Morgan fingerprint density at radius 3 is 2.95 bits per heavy atom. The molecule has 1 unspecified atom stereocenters. The smallest absolute Gasteiger partial charge is 0.137 e. The van der Waals surface area contributed by atoms with E-state index in [2.05, 4.69) is 39.1 Å². The Morgan fingerprint density at radius 1 is 1.25 bits per heavy atom. The average molecular weight is 334 g/mol. The number of nitrogens with zero attached hydrogens (tertiary/aromatic N) is 1. The maximum atomic E-state index is 5.82. The molecule has 0 radical (unpaired) electrons. The minimum Gasteiger partial charge on any atom is -0.489 e. The van der Waals surface area contributed by atoms with Crippen LogP contribution in [-0.2, 0) is 16.5 Å². The first-order chi connectivity index (χ1) is 9.86. The second-order valence-electron chi connectivity index (χ2n) is 4.74. The van der Waals surface area contributed by atoms with Crippen molar-refractivity contribution in [2.45, 2.75) is 17.9 Å². The van der Waals surface area contributed by atoms with Crippen molar-refractivity contribution in [1.29, 1.82) is 0 Å². The van der Waals surface area contributed by atoms with E-state index < -0.39 is 0 Å². The lowest BCUT2D eigenvalue weighted by atomic mass is 9.98. The third kappa shape index (κ3) is 3.02. The SMILES string of the molecule is BrCc1ccc(OCC2OCCc3ccccc32)cn1. The highest BCUT2D eigenvalue weighted by atomic mass is 79.9. The highest BCUT2D eigenvalue weighted by Gasteiger charge is 2.20. The molecule has 0 bridgehead atoms. The van der Waals surface area contributed by atoms with Gasteiger partial charge in [-0.3, -0.25) is 4.98 Å². The molecule has 0 spiro atoms. The molecule has 2 heterocycles. The lowest BCUT2D eigenvalue weighted by Gasteiger charge is -2.26. The summed E-state index contributed by atoms with van der Waals surface area (Å²) in [5.41, 5.74) is 3.60. The first-order valence-electron chi connectivity index (χ1n) is 6.70. The Morgan fingerprint density at radius 2 is 2.15 bits per heavy atom. The zero-order chi connectivity index (χ0) is 13.8. The van der Waals surface area contributed by atoms with Crippen LogP contribution in [0.1, 0.15) is 22.9 Å². The van der Waals surface area contributed by atoms with Crippen molar-refractivity contribution in [3.05, 3.63) is 59.4 Å². The molecule has 0 saturated heterocycles. The summed E-state index contributed by atoms with van der Waals surface area (Å²) in [6.07, 6.45) is 2.75. The number of ether oxygens (including phenoxy) is 2. The highest BCUT2D eigenvalue weighted by Crippen LogP contribution is 2.27. The Kier molecular flexibility index (Phi) is 4.33. The molecular formula is C16H16BrNO2. The number of fused-ring (bicyclic) bond motifs is 1. The Hall–Kier alpha value is -1.39. The van der Waals surface area contributed by atoms with E-state index in [1.165, 1.54) is 11.1 Å². The zero-order valence-corrected chi connectivity index (χ0v) is 12.7. The van der Waals surface area contributed by atoms with Gasteiger partial charge < -0.3 is 9.47 Å². The maximum Gasteiger partial charge on any atom is 0.137 e. The first-order valence-corrected chi connectivity index (χ1v) is 7.82. The van der Waals surface area contributed by atoms with E-state index in [0.717, 1.165) is 29.8 Å². The summed E-state index contributed by atoms with van der Waals surface area (Å²) in [5, 5.41) is 0.756. The topological polar surface area (TPSA) is 31.4 Å². The fraction of sp³-hybridized carbons (Fsp3) is 0.312. The minimum absolute atomic E-state index is 0.0100. The molecular weight excluding hydrogens is 318 g/mol. The van der Waals surface area contributed by atoms with Crippen LogP contribution in [0.5, 0.6) is 5.75 Å². The summed E-state index contributed by atoms with van der Waals surface area (Å²) in [6.45, 7) is 1.28. The molecule has 3 rings (SSSR count). The van der Waals surface area contributed by atoms with E-state index >= 15 is 0 Å². The van der Waals surface area contributed by atoms with Crippen molar-refractivity contribution in [3.8, 4) is 5.75 Å². The van der Waals surface area contributed by atoms with Crippen molar-refractivity contribution in [2.24, 2.45) is 0 Å². The number of alkyl halides is 1. The van der Waals surface area contributed by atoms with Gasteiger partial charge in [0.1, 0.15) is 18.5 Å². The second kappa shape index (κ2) is 6.37. The van der Waals surface area contributed by atoms with Crippen LogP contribution in [0.15, 0.2) is 42.6 Å². The number of halogens is 1. The average Bonchev–Trinajstić information content (AvgIpc) is 2.53. The van der Waals surface area contributed by atoms with Gasteiger partial charge in [0, 0.05) is 5.33 Å². The number of aromatic nitrogens is 1. The van der Waals surface area contributed by atoms with E-state index in [-0.39, 0.29) is 6.10 Å². The van der Waals surface area contributed by atoms with Gasteiger partial charge in [-0.05, 0) is 29.7 Å². The van der Waals surface area contributed by atoms with E-state index in [9.17, 15) is 0 Å². The van der Waals surface area contributed by atoms with E-state index in [1.807, 2.05) is 18.2 Å². The van der Waals surface area contributed by atoms with E-state index in [4.69, 9.17) is 9.47 Å². The summed E-state index contributed by atoms with van der Waals surface area (Å²) in [6, 6.07) is 12.3. The standard InChI is InChI=1S/C16H16BrNO2/c17-9-13-5-6-14(10-18-13)20-11-16-15-4-2-1-3-12(15)7-8-19-16/h1-6,10,16H,7-9,11H2. The van der Waals surface area contributed by atoms with Gasteiger partial charge in [0.05, 0.1) is 18.5 Å². The van der Waals surface area contributed by atoms with Crippen molar-refractivity contribution >= 4 is 15.9 Å². The fourth-order valence-electron chi connectivity index (χ4n) is 2.36. The maximum absolute atomic E-state index is 5.82. The van der Waals surface area contributed by atoms with Gasteiger partial charge in [-0.1, -0.05) is 40.2 Å². The van der Waals surface area contributed by atoms with Gasteiger partial charge in [-0.2, -0.15) is 0 Å².